The molecule has 0 saturated heterocycles. The predicted octanol–water partition coefficient (Wildman–Crippen LogP) is 1.01. The molecule has 1 aliphatic carbocycles. The fourth-order valence-electron chi connectivity index (χ4n) is 0.861. The smallest absolute Gasteiger partial charge is 0.211 e. The third kappa shape index (κ3) is 2.72. The first kappa shape index (κ1) is 9.48. The fourth-order valence-corrected chi connectivity index (χ4v) is 2.51. The van der Waals surface area contributed by atoms with Crippen LogP contribution in [-0.4, -0.2) is 31.0 Å². The van der Waals surface area contributed by atoms with Crippen LogP contribution in [0.3, 0.4) is 0 Å². The van der Waals surface area contributed by atoms with E-state index in [1.54, 1.807) is 7.05 Å². The summed E-state index contributed by atoms with van der Waals surface area (Å²) < 4.78 is 23.7. The predicted molar refractivity (Wildman–Crippen MR) is 48.1 cm³/mol. The number of rotatable bonds is 4. The quantitative estimate of drug-likeness (QED) is 0.690. The van der Waals surface area contributed by atoms with E-state index in [1.807, 2.05) is 0 Å². The molecule has 0 heterocycles. The van der Waals surface area contributed by atoms with Crippen LogP contribution >= 0.6 is 15.9 Å². The van der Waals surface area contributed by atoms with Gasteiger partial charge >= 0.3 is 0 Å². The zero-order chi connectivity index (χ0) is 8.48. The number of sulfonamides is 1. The number of hydrogen-bond donors (Lipinski definition) is 0. The standard InChI is InChI=1S/C6H12BrNO2S/c1-8(4-6-2-3-6)11(9,10)5-7/h6H,2-5H2,1H3. The highest BCUT2D eigenvalue weighted by Gasteiger charge is 2.27. The van der Waals surface area contributed by atoms with Gasteiger partial charge in [0.05, 0.1) is 0 Å². The Balaban J connectivity index is 2.44. The van der Waals surface area contributed by atoms with Gasteiger partial charge in [0.1, 0.15) is 4.66 Å². The summed E-state index contributed by atoms with van der Waals surface area (Å²) in [6.07, 6.45) is 2.37. The lowest BCUT2D eigenvalue weighted by Crippen LogP contribution is -2.29. The van der Waals surface area contributed by atoms with Gasteiger partial charge in [0, 0.05) is 13.6 Å². The summed E-state index contributed by atoms with van der Waals surface area (Å²) in [5.74, 6) is 0.619. The van der Waals surface area contributed by atoms with Gasteiger partial charge in [-0.25, -0.2) is 12.7 Å². The van der Waals surface area contributed by atoms with Crippen LogP contribution in [0, 0.1) is 5.92 Å². The first-order valence-corrected chi connectivity index (χ1v) is 6.29. The molecule has 1 rings (SSSR count). The van der Waals surface area contributed by atoms with Crippen molar-refractivity contribution in [1.82, 2.24) is 4.31 Å². The molecule has 0 aliphatic heterocycles. The Kier molecular flexibility index (Phi) is 2.94. The lowest BCUT2D eigenvalue weighted by atomic mass is 10.4. The first-order chi connectivity index (χ1) is 5.06. The molecule has 0 radical (unpaired) electrons. The van der Waals surface area contributed by atoms with Gasteiger partial charge in [-0.15, -0.1) is 0 Å². The Bertz CT molecular complexity index is 223. The van der Waals surface area contributed by atoms with Crippen LogP contribution in [0.25, 0.3) is 0 Å². The summed E-state index contributed by atoms with van der Waals surface area (Å²) in [5, 5.41) is 0. The topological polar surface area (TPSA) is 37.4 Å². The molecular formula is C6H12BrNO2S. The van der Waals surface area contributed by atoms with E-state index in [4.69, 9.17) is 0 Å². The second kappa shape index (κ2) is 3.41. The van der Waals surface area contributed by atoms with Gasteiger partial charge < -0.3 is 0 Å². The average Bonchev–Trinajstić information content (AvgIpc) is 2.72. The summed E-state index contributed by atoms with van der Waals surface area (Å²) in [4.78, 5) is 0. The highest BCUT2D eigenvalue weighted by Crippen LogP contribution is 2.30. The van der Waals surface area contributed by atoms with Crippen molar-refractivity contribution >= 4 is 26.0 Å². The number of nitrogens with zero attached hydrogens (tertiary/aromatic N) is 1. The summed E-state index contributed by atoms with van der Waals surface area (Å²) in [7, 11) is -1.37. The Labute approximate surface area is 75.9 Å². The highest BCUT2D eigenvalue weighted by atomic mass is 79.9. The van der Waals surface area contributed by atoms with E-state index in [0.717, 1.165) is 0 Å². The molecular weight excluding hydrogens is 230 g/mol. The normalized spacial score (nSPS) is 19.2. The molecule has 1 saturated carbocycles. The van der Waals surface area contributed by atoms with Gasteiger partial charge in [-0.3, -0.25) is 0 Å². The van der Waals surface area contributed by atoms with Gasteiger partial charge in [-0.05, 0) is 18.8 Å². The average molecular weight is 242 g/mol. The van der Waals surface area contributed by atoms with Crippen molar-refractivity contribution in [1.29, 1.82) is 0 Å². The lowest BCUT2D eigenvalue weighted by molar-refractivity contribution is 0.457. The van der Waals surface area contributed by atoms with Crippen molar-refractivity contribution in [3.8, 4) is 0 Å². The molecule has 66 valence electrons. The molecule has 0 aromatic heterocycles. The zero-order valence-corrected chi connectivity index (χ0v) is 8.86. The van der Waals surface area contributed by atoms with E-state index in [2.05, 4.69) is 15.9 Å². The summed E-state index contributed by atoms with van der Waals surface area (Å²) in [6.45, 7) is 0.688. The van der Waals surface area contributed by atoms with Crippen molar-refractivity contribution in [2.45, 2.75) is 12.8 Å². The number of alkyl halides is 1. The summed E-state index contributed by atoms with van der Waals surface area (Å²) in [6, 6.07) is 0. The Morgan fingerprint density at radius 3 is 2.45 bits per heavy atom. The molecule has 3 nitrogen and oxygen atoms in total. The fraction of sp³-hybridized carbons (Fsp3) is 1.00. The first-order valence-electron chi connectivity index (χ1n) is 3.56. The highest BCUT2D eigenvalue weighted by molar-refractivity contribution is 9.10. The van der Waals surface area contributed by atoms with Crippen LogP contribution in [0.1, 0.15) is 12.8 Å². The molecule has 0 aromatic rings. The maximum Gasteiger partial charge on any atom is 0.223 e. The molecule has 0 spiro atoms. The van der Waals surface area contributed by atoms with E-state index in [0.29, 0.717) is 12.5 Å². The minimum atomic E-state index is -3.00. The Morgan fingerprint density at radius 1 is 1.55 bits per heavy atom. The minimum absolute atomic E-state index is 0.0310. The SMILES string of the molecule is CN(CC1CC1)S(=O)(=O)CBr. The Morgan fingerprint density at radius 2 is 2.09 bits per heavy atom. The van der Waals surface area contributed by atoms with Crippen LogP contribution < -0.4 is 0 Å². The van der Waals surface area contributed by atoms with Crippen LogP contribution in [0.2, 0.25) is 0 Å². The second-order valence-corrected chi connectivity index (χ2v) is 6.32. The van der Waals surface area contributed by atoms with E-state index in [9.17, 15) is 8.42 Å². The van der Waals surface area contributed by atoms with E-state index in [-0.39, 0.29) is 4.66 Å². The molecule has 0 bridgehead atoms. The van der Waals surface area contributed by atoms with E-state index < -0.39 is 10.0 Å². The third-order valence-electron chi connectivity index (χ3n) is 1.82. The molecule has 0 amide bonds. The number of hydrogen-bond acceptors (Lipinski definition) is 2. The third-order valence-corrected chi connectivity index (χ3v) is 4.94. The molecule has 5 heteroatoms. The lowest BCUT2D eigenvalue weighted by Gasteiger charge is -2.14. The molecule has 0 atom stereocenters. The van der Waals surface area contributed by atoms with Crippen molar-refractivity contribution in [2.75, 3.05) is 18.3 Å². The minimum Gasteiger partial charge on any atom is -0.211 e. The van der Waals surface area contributed by atoms with Crippen molar-refractivity contribution in [3.63, 3.8) is 0 Å². The van der Waals surface area contributed by atoms with Gasteiger partial charge in [0.15, 0.2) is 0 Å². The van der Waals surface area contributed by atoms with Gasteiger partial charge in [-0.1, -0.05) is 15.9 Å². The maximum atomic E-state index is 11.1. The Hall–Kier alpha value is 0.390. The number of halogens is 1. The van der Waals surface area contributed by atoms with E-state index >= 15 is 0 Å². The van der Waals surface area contributed by atoms with Crippen LogP contribution in [0.5, 0.6) is 0 Å². The summed E-state index contributed by atoms with van der Waals surface area (Å²) >= 11 is 2.95. The molecule has 11 heavy (non-hydrogen) atoms. The largest absolute Gasteiger partial charge is 0.223 e. The van der Waals surface area contributed by atoms with Crippen molar-refractivity contribution in [2.24, 2.45) is 5.92 Å². The zero-order valence-electron chi connectivity index (χ0n) is 6.46. The van der Waals surface area contributed by atoms with Crippen molar-refractivity contribution < 1.29 is 8.42 Å². The molecule has 1 aliphatic rings. The second-order valence-electron chi connectivity index (χ2n) is 2.94. The maximum absolute atomic E-state index is 11.1. The van der Waals surface area contributed by atoms with Crippen LogP contribution in [-0.2, 0) is 10.0 Å². The van der Waals surface area contributed by atoms with Crippen molar-refractivity contribution in [3.05, 3.63) is 0 Å². The van der Waals surface area contributed by atoms with Gasteiger partial charge in [0.25, 0.3) is 0 Å². The molecule has 0 unspecified atom stereocenters. The molecule has 0 N–H and O–H groups in total. The van der Waals surface area contributed by atoms with Crippen LogP contribution in [0.4, 0.5) is 0 Å². The van der Waals surface area contributed by atoms with E-state index in [1.165, 1.54) is 17.1 Å². The molecule has 0 aromatic carbocycles. The van der Waals surface area contributed by atoms with Gasteiger partial charge in [-0.2, -0.15) is 0 Å². The monoisotopic (exact) mass is 241 g/mol. The van der Waals surface area contributed by atoms with Crippen LogP contribution in [0.15, 0.2) is 0 Å². The van der Waals surface area contributed by atoms with Gasteiger partial charge in [0.2, 0.25) is 10.0 Å². The summed E-state index contributed by atoms with van der Waals surface area (Å²) in [5.41, 5.74) is 0. The molecule has 1 fully saturated rings.